The fraction of sp³-hybridized carbons (Fsp3) is 0.0345. The highest BCUT2D eigenvalue weighted by Gasteiger charge is 2.60. The minimum Gasteiger partial charge on any atom is -0.228 e. The number of hydrogen-bond acceptors (Lipinski definition) is 2. The second-order valence-corrected chi connectivity index (χ2v) is 16.3. The summed E-state index contributed by atoms with van der Waals surface area (Å²) in [5, 5.41) is 1.04. The minimum absolute atomic E-state index is 0.479. The van der Waals surface area contributed by atoms with E-state index >= 15 is 0 Å². The Hall–Kier alpha value is -7.68. The van der Waals surface area contributed by atoms with Crippen LogP contribution in [0.5, 0.6) is 0 Å². The van der Waals surface area contributed by atoms with Crippen LogP contribution in [0.15, 0.2) is 218 Å². The van der Waals surface area contributed by atoms with E-state index in [0.717, 1.165) is 33.5 Å². The monoisotopic (exact) mass is 760 g/mol. The number of para-hydroxylation sites is 1. The minimum atomic E-state index is -0.586. The molecule has 1 spiro atoms. The summed E-state index contributed by atoms with van der Waals surface area (Å²) < 4.78 is 0. The van der Waals surface area contributed by atoms with Gasteiger partial charge in [0.1, 0.15) is 0 Å². The van der Waals surface area contributed by atoms with Crippen molar-refractivity contribution in [2.45, 2.75) is 10.8 Å². The molecule has 0 saturated heterocycles. The topological polar surface area (TPSA) is 25.8 Å². The maximum absolute atomic E-state index is 5.52. The van der Waals surface area contributed by atoms with Gasteiger partial charge in [-0.05, 0) is 84.0 Å². The molecular formula is C58H36N2. The standard InChI is InChI=1S/C58H36N2/c1-3-17-37(18-4-1)38-33-35-39(36-34-38)55-44-23-9-14-32-52(44)59-56(60-55)45-25-16-30-50-53(45)43-22-8-11-27-47(43)58(50)49-29-13-12-28-48(49)57(40-19-5-2-6-20-40)46-26-10-7-21-41(46)42-24-15-31-51(58)54(42)57/h1-36H. The van der Waals surface area contributed by atoms with Crippen LogP contribution < -0.4 is 0 Å². The Balaban J connectivity index is 1.10. The largest absolute Gasteiger partial charge is 0.228 e. The Morgan fingerprint density at radius 3 is 1.58 bits per heavy atom. The van der Waals surface area contributed by atoms with Crippen molar-refractivity contribution in [3.63, 3.8) is 0 Å². The highest BCUT2D eigenvalue weighted by Crippen LogP contribution is 2.69. The zero-order chi connectivity index (χ0) is 39.4. The van der Waals surface area contributed by atoms with E-state index in [4.69, 9.17) is 9.97 Å². The Bertz CT molecular complexity index is 3370. The predicted molar refractivity (Wildman–Crippen MR) is 244 cm³/mol. The third-order valence-corrected chi connectivity index (χ3v) is 13.6. The van der Waals surface area contributed by atoms with Crippen molar-refractivity contribution in [3.8, 4) is 56.0 Å². The van der Waals surface area contributed by atoms with Crippen molar-refractivity contribution in [1.29, 1.82) is 0 Å². The molecule has 1 aromatic heterocycles. The molecule has 13 rings (SSSR count). The molecule has 278 valence electrons. The van der Waals surface area contributed by atoms with Crippen LogP contribution in [0.25, 0.3) is 66.9 Å². The second-order valence-electron chi connectivity index (χ2n) is 16.3. The van der Waals surface area contributed by atoms with Crippen LogP contribution in [-0.2, 0) is 10.8 Å². The normalized spacial score (nSPS) is 17.5. The van der Waals surface area contributed by atoms with Gasteiger partial charge in [0.2, 0.25) is 0 Å². The molecule has 1 heterocycles. The van der Waals surface area contributed by atoms with Crippen molar-refractivity contribution in [2.24, 2.45) is 0 Å². The van der Waals surface area contributed by atoms with E-state index < -0.39 is 10.8 Å². The smallest absolute Gasteiger partial charge is 0.161 e. The molecule has 0 aliphatic heterocycles. The third-order valence-electron chi connectivity index (χ3n) is 13.6. The number of hydrogen-bond donors (Lipinski definition) is 0. The van der Waals surface area contributed by atoms with E-state index in [9.17, 15) is 0 Å². The molecule has 2 atom stereocenters. The van der Waals surface area contributed by atoms with Crippen LogP contribution in [0.1, 0.15) is 44.5 Å². The summed E-state index contributed by atoms with van der Waals surface area (Å²) in [6, 6.07) is 80.3. The quantitative estimate of drug-likeness (QED) is 0.179. The van der Waals surface area contributed by atoms with Crippen LogP contribution in [0.2, 0.25) is 0 Å². The number of benzene rings is 9. The number of nitrogens with zero attached hydrogens (tertiary/aromatic N) is 2. The zero-order valence-corrected chi connectivity index (χ0v) is 32.7. The molecular weight excluding hydrogens is 725 g/mol. The van der Waals surface area contributed by atoms with Crippen LogP contribution in [0, 0.1) is 0 Å². The van der Waals surface area contributed by atoms with E-state index in [1.807, 2.05) is 0 Å². The van der Waals surface area contributed by atoms with E-state index in [2.05, 4.69) is 218 Å². The van der Waals surface area contributed by atoms with E-state index in [1.54, 1.807) is 0 Å². The van der Waals surface area contributed by atoms with Crippen LogP contribution in [0.4, 0.5) is 0 Å². The molecule has 60 heavy (non-hydrogen) atoms. The van der Waals surface area contributed by atoms with Crippen molar-refractivity contribution in [2.75, 3.05) is 0 Å². The van der Waals surface area contributed by atoms with Crippen molar-refractivity contribution in [3.05, 3.63) is 263 Å². The van der Waals surface area contributed by atoms with Gasteiger partial charge in [0.25, 0.3) is 0 Å². The summed E-state index contributed by atoms with van der Waals surface area (Å²) in [6.45, 7) is 0. The van der Waals surface area contributed by atoms with Gasteiger partial charge >= 0.3 is 0 Å². The van der Waals surface area contributed by atoms with Gasteiger partial charge in [-0.25, -0.2) is 9.97 Å². The summed E-state index contributed by atoms with van der Waals surface area (Å²) >= 11 is 0. The summed E-state index contributed by atoms with van der Waals surface area (Å²) in [4.78, 5) is 10.9. The lowest BCUT2D eigenvalue weighted by atomic mass is 9.52. The molecule has 2 heteroatoms. The third kappa shape index (κ3) is 4.22. The average molecular weight is 761 g/mol. The maximum Gasteiger partial charge on any atom is 0.161 e. The molecule has 2 nitrogen and oxygen atoms in total. The first kappa shape index (κ1) is 33.3. The number of aromatic nitrogens is 2. The molecule has 0 bridgehead atoms. The zero-order valence-electron chi connectivity index (χ0n) is 32.7. The summed E-state index contributed by atoms with van der Waals surface area (Å²) in [5.74, 6) is 0.730. The molecule has 0 N–H and O–H groups in total. The van der Waals surface area contributed by atoms with Gasteiger partial charge < -0.3 is 0 Å². The summed E-state index contributed by atoms with van der Waals surface area (Å²) in [5.41, 5.74) is 20.9. The van der Waals surface area contributed by atoms with Crippen molar-refractivity contribution >= 4 is 10.9 Å². The SMILES string of the molecule is c1ccc(-c2ccc(-c3nc(-c4cccc5c4-c4ccccc4C54c5ccccc5C5(c6ccccc6)c6ccccc6-c6cccc4c65)nc4ccccc34)cc2)cc1. The Morgan fingerprint density at radius 1 is 0.300 bits per heavy atom. The first-order valence-corrected chi connectivity index (χ1v) is 20.8. The molecule has 0 saturated carbocycles. The van der Waals surface area contributed by atoms with Gasteiger partial charge in [-0.2, -0.15) is 0 Å². The maximum atomic E-state index is 5.52. The molecule has 2 unspecified atom stereocenters. The lowest BCUT2D eigenvalue weighted by Gasteiger charge is -2.48. The lowest BCUT2D eigenvalue weighted by molar-refractivity contribution is 0.636. The van der Waals surface area contributed by atoms with E-state index in [-0.39, 0.29) is 0 Å². The number of fused-ring (bicyclic) bond motifs is 13. The lowest BCUT2D eigenvalue weighted by Crippen LogP contribution is -2.43. The van der Waals surface area contributed by atoms with Crippen molar-refractivity contribution in [1.82, 2.24) is 9.97 Å². The average Bonchev–Trinajstić information content (AvgIpc) is 3.80. The summed E-state index contributed by atoms with van der Waals surface area (Å²) in [7, 11) is 0. The van der Waals surface area contributed by atoms with Crippen LogP contribution >= 0.6 is 0 Å². The molecule has 3 aliphatic carbocycles. The van der Waals surface area contributed by atoms with E-state index in [1.165, 1.54) is 77.9 Å². The van der Waals surface area contributed by atoms with Crippen molar-refractivity contribution < 1.29 is 0 Å². The van der Waals surface area contributed by atoms with Gasteiger partial charge in [0.15, 0.2) is 5.82 Å². The van der Waals surface area contributed by atoms with Crippen LogP contribution in [0.3, 0.4) is 0 Å². The van der Waals surface area contributed by atoms with Gasteiger partial charge in [-0.15, -0.1) is 0 Å². The molecule has 0 radical (unpaired) electrons. The Labute approximate surface area is 349 Å². The first-order valence-electron chi connectivity index (χ1n) is 20.8. The molecule has 3 aliphatic rings. The summed E-state index contributed by atoms with van der Waals surface area (Å²) in [6.07, 6.45) is 0. The molecule has 0 fully saturated rings. The molecule has 0 amide bonds. The van der Waals surface area contributed by atoms with Gasteiger partial charge in [0.05, 0.1) is 22.0 Å². The van der Waals surface area contributed by atoms with Crippen LogP contribution in [-0.4, -0.2) is 9.97 Å². The highest BCUT2D eigenvalue weighted by atomic mass is 14.9. The fourth-order valence-corrected chi connectivity index (χ4v) is 11.3. The van der Waals surface area contributed by atoms with Gasteiger partial charge in [-0.3, -0.25) is 0 Å². The fourth-order valence-electron chi connectivity index (χ4n) is 11.3. The predicted octanol–water partition coefficient (Wildman–Crippen LogP) is 13.7. The Morgan fingerprint density at radius 2 is 0.817 bits per heavy atom. The molecule has 9 aromatic carbocycles. The highest BCUT2D eigenvalue weighted by molar-refractivity contribution is 6.00. The Kier molecular flexibility index (Phi) is 6.89. The van der Waals surface area contributed by atoms with Gasteiger partial charge in [0, 0.05) is 16.5 Å². The molecule has 10 aromatic rings. The van der Waals surface area contributed by atoms with Gasteiger partial charge in [-0.1, -0.05) is 212 Å². The first-order chi connectivity index (χ1) is 29.8. The second kappa shape index (κ2) is 12.4. The van der Waals surface area contributed by atoms with E-state index in [0.29, 0.717) is 0 Å². The number of rotatable bonds is 4.